The van der Waals surface area contributed by atoms with Crippen molar-refractivity contribution in [3.05, 3.63) is 64.2 Å². The Bertz CT molecular complexity index is 632. The third kappa shape index (κ3) is 3.49. The average Bonchev–Trinajstić information content (AvgIpc) is 2.80. The lowest BCUT2D eigenvalue weighted by Gasteiger charge is -2.19. The minimum Gasteiger partial charge on any atom is -0.395 e. The van der Waals surface area contributed by atoms with E-state index in [9.17, 15) is 5.11 Å². The number of hydrogen-bond acceptors (Lipinski definition) is 3. The van der Waals surface area contributed by atoms with E-state index in [-0.39, 0.29) is 11.9 Å². The lowest BCUT2D eigenvalue weighted by Crippen LogP contribution is -2.16. The van der Waals surface area contributed by atoms with Crippen LogP contribution >= 0.6 is 23.4 Å². The summed E-state index contributed by atoms with van der Waals surface area (Å²) < 4.78 is 0. The minimum atomic E-state index is 0.0152. The van der Waals surface area contributed by atoms with Gasteiger partial charge in [0.2, 0.25) is 0 Å². The van der Waals surface area contributed by atoms with Gasteiger partial charge in [0.25, 0.3) is 0 Å². The Labute approximate surface area is 140 Å². The Morgan fingerprint density at radius 1 is 1.09 bits per heavy atom. The zero-order valence-corrected chi connectivity index (χ0v) is 14.0. The molecule has 1 heterocycles. The van der Waals surface area contributed by atoms with Crippen LogP contribution in [0.1, 0.15) is 21.9 Å². The molecule has 1 aliphatic heterocycles. The number of benzene rings is 2. The number of halogens is 1. The second kappa shape index (κ2) is 7.51. The molecule has 2 aromatic rings. The van der Waals surface area contributed by atoms with Crippen molar-refractivity contribution in [1.29, 1.82) is 0 Å². The molecule has 1 atom stereocenters. The molecule has 0 aromatic heterocycles. The summed E-state index contributed by atoms with van der Waals surface area (Å²) in [6, 6.07) is 14.3. The van der Waals surface area contributed by atoms with E-state index in [0.29, 0.717) is 0 Å². The first-order valence-electron chi connectivity index (χ1n) is 7.63. The predicted octanol–water partition coefficient (Wildman–Crippen LogP) is 3.85. The lowest BCUT2D eigenvalue weighted by molar-refractivity contribution is 0.296. The molecule has 22 heavy (non-hydrogen) atoms. The molecule has 4 heteroatoms. The van der Waals surface area contributed by atoms with Gasteiger partial charge in [-0.1, -0.05) is 48.0 Å². The zero-order valence-electron chi connectivity index (χ0n) is 12.4. The molecule has 116 valence electrons. The predicted molar refractivity (Wildman–Crippen MR) is 93.9 cm³/mol. The van der Waals surface area contributed by atoms with E-state index in [2.05, 4.69) is 23.5 Å². The molecule has 2 aromatic carbocycles. The van der Waals surface area contributed by atoms with Crippen molar-refractivity contribution in [2.45, 2.75) is 23.0 Å². The van der Waals surface area contributed by atoms with Crippen LogP contribution in [0.4, 0.5) is 0 Å². The first kappa shape index (κ1) is 15.9. The highest BCUT2D eigenvalue weighted by molar-refractivity contribution is 7.99. The van der Waals surface area contributed by atoms with Crippen LogP contribution in [0.25, 0.3) is 0 Å². The topological polar surface area (TPSA) is 32.3 Å². The molecule has 3 rings (SSSR count). The number of nitrogens with one attached hydrogen (secondary N) is 1. The van der Waals surface area contributed by atoms with Crippen LogP contribution in [0.15, 0.2) is 47.4 Å². The number of hydrogen-bond donors (Lipinski definition) is 2. The highest BCUT2D eigenvalue weighted by Crippen LogP contribution is 2.42. The summed E-state index contributed by atoms with van der Waals surface area (Å²) in [6.45, 7) is 2.10. The Hall–Kier alpha value is -1.00. The van der Waals surface area contributed by atoms with Crippen LogP contribution in [0.2, 0.25) is 5.02 Å². The Morgan fingerprint density at radius 2 is 1.86 bits per heavy atom. The van der Waals surface area contributed by atoms with Gasteiger partial charge >= 0.3 is 0 Å². The molecule has 1 unspecified atom stereocenters. The molecule has 0 aliphatic carbocycles. The van der Waals surface area contributed by atoms with Gasteiger partial charge in [-0.05, 0) is 48.7 Å². The number of fused-ring (bicyclic) bond motifs is 1. The van der Waals surface area contributed by atoms with Gasteiger partial charge in [0, 0.05) is 4.90 Å². The van der Waals surface area contributed by atoms with Crippen LogP contribution in [-0.2, 0) is 12.8 Å². The largest absolute Gasteiger partial charge is 0.395 e. The fraction of sp³-hybridized carbons (Fsp3) is 0.333. The number of rotatable bonds is 4. The maximum Gasteiger partial charge on any atom is 0.0594 e. The summed E-state index contributed by atoms with van der Waals surface area (Å²) in [4.78, 5) is 1.13. The Balaban J connectivity index is 1.94. The maximum atomic E-state index is 9.82. The van der Waals surface area contributed by atoms with Crippen LogP contribution in [0, 0.1) is 0 Å². The van der Waals surface area contributed by atoms with Crippen molar-refractivity contribution in [1.82, 2.24) is 5.32 Å². The van der Waals surface area contributed by atoms with Crippen molar-refractivity contribution in [3.63, 3.8) is 0 Å². The SMILES string of the molecule is OCC(Sc1c(Cl)ccc2c1CCNCC2)c1ccccc1. The van der Waals surface area contributed by atoms with Crippen molar-refractivity contribution >= 4 is 23.4 Å². The van der Waals surface area contributed by atoms with Gasteiger partial charge in [-0.25, -0.2) is 0 Å². The van der Waals surface area contributed by atoms with Gasteiger partial charge in [-0.3, -0.25) is 0 Å². The van der Waals surface area contributed by atoms with E-state index in [0.717, 1.165) is 41.4 Å². The molecule has 0 amide bonds. The Morgan fingerprint density at radius 3 is 2.64 bits per heavy atom. The quantitative estimate of drug-likeness (QED) is 0.833. The monoisotopic (exact) mass is 333 g/mol. The average molecular weight is 334 g/mol. The zero-order chi connectivity index (χ0) is 15.4. The number of aliphatic hydroxyl groups is 1. The van der Waals surface area contributed by atoms with Crippen molar-refractivity contribution < 1.29 is 5.11 Å². The standard InChI is InChI=1S/C18H20ClNOS/c19-16-7-6-13-8-10-20-11-9-15(13)18(16)22-17(12-21)14-4-2-1-3-5-14/h1-7,17,20-21H,8-12H2. The highest BCUT2D eigenvalue weighted by Gasteiger charge is 2.19. The van der Waals surface area contributed by atoms with Crippen molar-refractivity contribution in [2.75, 3.05) is 19.7 Å². The minimum absolute atomic E-state index is 0.0152. The molecule has 1 aliphatic rings. The van der Waals surface area contributed by atoms with Gasteiger partial charge in [-0.15, -0.1) is 11.8 Å². The molecular formula is C18H20ClNOS. The van der Waals surface area contributed by atoms with Crippen LogP contribution in [-0.4, -0.2) is 24.8 Å². The van der Waals surface area contributed by atoms with Crippen LogP contribution < -0.4 is 5.32 Å². The molecule has 0 radical (unpaired) electrons. The van der Waals surface area contributed by atoms with E-state index >= 15 is 0 Å². The smallest absolute Gasteiger partial charge is 0.0594 e. The van der Waals surface area contributed by atoms with Gasteiger partial charge < -0.3 is 10.4 Å². The lowest BCUT2D eigenvalue weighted by atomic mass is 10.0. The van der Waals surface area contributed by atoms with Crippen LogP contribution in [0.3, 0.4) is 0 Å². The summed E-state index contributed by atoms with van der Waals surface area (Å²) in [6.07, 6.45) is 2.03. The molecular weight excluding hydrogens is 314 g/mol. The molecule has 0 bridgehead atoms. The normalized spacial score (nSPS) is 15.9. The first-order valence-corrected chi connectivity index (χ1v) is 8.89. The molecule has 0 saturated carbocycles. The third-order valence-electron chi connectivity index (χ3n) is 4.03. The second-order valence-electron chi connectivity index (χ2n) is 5.46. The fourth-order valence-electron chi connectivity index (χ4n) is 2.86. The molecule has 2 nitrogen and oxygen atoms in total. The summed E-state index contributed by atoms with van der Waals surface area (Å²) in [5.74, 6) is 0. The highest BCUT2D eigenvalue weighted by atomic mass is 35.5. The number of aliphatic hydroxyl groups excluding tert-OH is 1. The maximum absolute atomic E-state index is 9.82. The summed E-state index contributed by atoms with van der Waals surface area (Å²) in [7, 11) is 0. The molecule has 0 saturated heterocycles. The fourth-order valence-corrected chi connectivity index (χ4v) is 4.38. The summed E-state index contributed by atoms with van der Waals surface area (Å²) in [5.41, 5.74) is 3.86. The van der Waals surface area contributed by atoms with Gasteiger partial charge in [-0.2, -0.15) is 0 Å². The van der Waals surface area contributed by atoms with Crippen LogP contribution in [0.5, 0.6) is 0 Å². The third-order valence-corrected chi connectivity index (χ3v) is 5.86. The second-order valence-corrected chi connectivity index (χ2v) is 7.08. The summed E-state index contributed by atoms with van der Waals surface area (Å²) >= 11 is 8.16. The van der Waals surface area contributed by atoms with E-state index in [1.165, 1.54) is 11.1 Å². The van der Waals surface area contributed by atoms with Gasteiger partial charge in [0.15, 0.2) is 0 Å². The summed E-state index contributed by atoms with van der Waals surface area (Å²) in [5, 5.41) is 14.1. The molecule has 2 N–H and O–H groups in total. The van der Waals surface area contributed by atoms with E-state index in [1.54, 1.807) is 11.8 Å². The van der Waals surface area contributed by atoms with E-state index in [1.807, 2.05) is 24.3 Å². The first-order chi connectivity index (χ1) is 10.8. The van der Waals surface area contributed by atoms with Crippen molar-refractivity contribution in [2.24, 2.45) is 0 Å². The van der Waals surface area contributed by atoms with E-state index < -0.39 is 0 Å². The Kier molecular flexibility index (Phi) is 5.42. The van der Waals surface area contributed by atoms with Crippen molar-refractivity contribution in [3.8, 4) is 0 Å². The van der Waals surface area contributed by atoms with E-state index in [4.69, 9.17) is 11.6 Å². The number of thioether (sulfide) groups is 1. The van der Waals surface area contributed by atoms with Gasteiger partial charge in [0.05, 0.1) is 16.9 Å². The molecule has 0 fully saturated rings. The molecule has 0 spiro atoms. The van der Waals surface area contributed by atoms with Gasteiger partial charge in [0.1, 0.15) is 0 Å².